The van der Waals surface area contributed by atoms with Crippen LogP contribution in [-0.4, -0.2) is 45.4 Å². The number of nitrogens with one attached hydrogen (secondary N) is 1. The molecule has 32 heavy (non-hydrogen) atoms. The molecule has 7 nitrogen and oxygen atoms in total. The Hall–Kier alpha value is -3.06. The van der Waals surface area contributed by atoms with Crippen LogP contribution in [0.25, 0.3) is 17.2 Å². The van der Waals surface area contributed by atoms with Gasteiger partial charge in [0.1, 0.15) is 0 Å². The van der Waals surface area contributed by atoms with E-state index < -0.39 is 0 Å². The Bertz CT molecular complexity index is 1140. The van der Waals surface area contributed by atoms with E-state index in [0.29, 0.717) is 24.0 Å². The van der Waals surface area contributed by atoms with E-state index in [0.717, 1.165) is 49.9 Å². The van der Waals surface area contributed by atoms with Crippen molar-refractivity contribution in [3.05, 3.63) is 59.0 Å². The topological polar surface area (TPSA) is 81.9 Å². The van der Waals surface area contributed by atoms with Gasteiger partial charge in [-0.1, -0.05) is 31.2 Å². The van der Waals surface area contributed by atoms with Gasteiger partial charge in [-0.15, -0.1) is 0 Å². The molecule has 1 amide bonds. The molecule has 3 aromatic rings. The molecule has 5 rings (SSSR count). The van der Waals surface area contributed by atoms with Crippen molar-refractivity contribution in [3.8, 4) is 17.2 Å². The highest BCUT2D eigenvalue weighted by molar-refractivity contribution is 5.95. The van der Waals surface area contributed by atoms with Gasteiger partial charge in [0.2, 0.25) is 0 Å². The summed E-state index contributed by atoms with van der Waals surface area (Å²) in [6.45, 7) is 2.53. The van der Waals surface area contributed by atoms with Crippen LogP contribution in [-0.2, 0) is 17.6 Å². The van der Waals surface area contributed by atoms with Crippen molar-refractivity contribution >= 4 is 5.91 Å². The van der Waals surface area contributed by atoms with Crippen LogP contribution in [0.5, 0.6) is 0 Å². The molecule has 0 bridgehead atoms. The smallest absolute Gasteiger partial charge is 0.255 e. The van der Waals surface area contributed by atoms with E-state index in [9.17, 15) is 4.79 Å². The number of methoxy groups -OCH3 is 1. The van der Waals surface area contributed by atoms with Gasteiger partial charge in [-0.05, 0) is 49.7 Å². The molecule has 1 atom stereocenters. The highest BCUT2D eigenvalue weighted by atomic mass is 16.5. The number of fused-ring (bicyclic) bond motifs is 3. The fourth-order valence-corrected chi connectivity index (χ4v) is 4.52. The summed E-state index contributed by atoms with van der Waals surface area (Å²) in [4.78, 5) is 22.7. The van der Waals surface area contributed by atoms with Gasteiger partial charge in [-0.2, -0.15) is 5.10 Å². The second kappa shape index (κ2) is 8.82. The lowest BCUT2D eigenvalue weighted by molar-refractivity contribution is 0.0893. The van der Waals surface area contributed by atoms with Gasteiger partial charge in [0.15, 0.2) is 0 Å². The monoisotopic (exact) mass is 431 g/mol. The Morgan fingerprint density at radius 3 is 2.81 bits per heavy atom. The van der Waals surface area contributed by atoms with Crippen LogP contribution in [0.15, 0.2) is 36.7 Å². The van der Waals surface area contributed by atoms with E-state index in [2.05, 4.69) is 39.7 Å². The molecular weight excluding hydrogens is 402 g/mol. The van der Waals surface area contributed by atoms with E-state index >= 15 is 0 Å². The molecule has 1 saturated carbocycles. The summed E-state index contributed by atoms with van der Waals surface area (Å²) in [5, 5.41) is 7.66. The third-order valence-electron chi connectivity index (χ3n) is 6.42. The molecule has 2 aliphatic rings. The highest BCUT2D eigenvalue weighted by Crippen LogP contribution is 2.42. The third-order valence-corrected chi connectivity index (χ3v) is 6.42. The molecule has 166 valence electrons. The van der Waals surface area contributed by atoms with Crippen molar-refractivity contribution in [2.75, 3.05) is 13.7 Å². The van der Waals surface area contributed by atoms with Crippen molar-refractivity contribution in [2.24, 2.45) is 0 Å². The summed E-state index contributed by atoms with van der Waals surface area (Å²) in [7, 11) is 1.65. The third kappa shape index (κ3) is 3.93. The maximum Gasteiger partial charge on any atom is 0.255 e. The van der Waals surface area contributed by atoms with Crippen molar-refractivity contribution in [2.45, 2.75) is 57.4 Å². The predicted molar refractivity (Wildman–Crippen MR) is 122 cm³/mol. The minimum absolute atomic E-state index is 0.0249. The van der Waals surface area contributed by atoms with Crippen LogP contribution in [0.1, 0.15) is 65.7 Å². The average Bonchev–Trinajstić information content (AvgIpc) is 3.59. The zero-order valence-corrected chi connectivity index (χ0v) is 18.7. The molecule has 1 N–H and O–H groups in total. The number of ether oxygens (including phenoxy) is 1. The molecule has 0 spiro atoms. The Morgan fingerprint density at radius 1 is 1.22 bits per heavy atom. The molecule has 0 saturated heterocycles. The first-order valence-corrected chi connectivity index (χ1v) is 11.5. The largest absolute Gasteiger partial charge is 0.383 e. The maximum absolute atomic E-state index is 13.1. The fourth-order valence-electron chi connectivity index (χ4n) is 4.52. The van der Waals surface area contributed by atoms with Gasteiger partial charge < -0.3 is 10.1 Å². The van der Waals surface area contributed by atoms with E-state index in [1.165, 1.54) is 16.7 Å². The number of carbonyl (C=O) groups is 1. The molecule has 2 aromatic heterocycles. The number of aryl methyl sites for hydroxylation is 2. The minimum atomic E-state index is -0.109. The van der Waals surface area contributed by atoms with Crippen LogP contribution in [0.2, 0.25) is 0 Å². The normalized spacial score (nSPS) is 16.1. The number of hydrogen-bond donors (Lipinski definition) is 1. The lowest BCUT2D eigenvalue weighted by Gasteiger charge is -2.16. The molecule has 0 aliphatic heterocycles. The summed E-state index contributed by atoms with van der Waals surface area (Å²) in [5.41, 5.74) is 6.17. The van der Waals surface area contributed by atoms with Gasteiger partial charge in [0, 0.05) is 24.8 Å². The first kappa shape index (κ1) is 20.8. The molecule has 2 heterocycles. The zero-order chi connectivity index (χ0) is 22.1. The number of benzene rings is 1. The van der Waals surface area contributed by atoms with E-state index in [-0.39, 0.29) is 11.9 Å². The molecule has 7 heteroatoms. The molecule has 0 radical (unpaired) electrons. The standard InChI is InChI=1S/C25H29N5O2/c1-3-19(15-32-2)28-24(31)21-14-27-30(23(21)17-11-12-17)25-26-13-18-9-6-8-16-7-4-5-10-20(16)22(18)29-25/h4-5,7,10,13-14,17,19H,3,6,8-9,11-12,15H2,1-2H3,(H,28,31). The highest BCUT2D eigenvalue weighted by Gasteiger charge is 2.34. The molecule has 2 aliphatic carbocycles. The number of nitrogens with zero attached hydrogens (tertiary/aromatic N) is 4. The predicted octanol–water partition coefficient (Wildman–Crippen LogP) is 3.85. The van der Waals surface area contributed by atoms with Gasteiger partial charge in [-0.3, -0.25) is 4.79 Å². The van der Waals surface area contributed by atoms with Crippen molar-refractivity contribution in [1.29, 1.82) is 0 Å². The Balaban J connectivity index is 1.53. The summed E-state index contributed by atoms with van der Waals surface area (Å²) in [6, 6.07) is 8.44. The number of aromatic nitrogens is 4. The number of amides is 1. The SMILES string of the molecule is CCC(COC)NC(=O)c1cnn(-c2ncc3c(n2)-c2ccccc2CCC3)c1C1CC1. The zero-order valence-electron chi connectivity index (χ0n) is 18.7. The summed E-state index contributed by atoms with van der Waals surface area (Å²) < 4.78 is 7.01. The average molecular weight is 432 g/mol. The Labute approximate surface area is 188 Å². The lowest BCUT2D eigenvalue weighted by atomic mass is 10.0. The van der Waals surface area contributed by atoms with Crippen LogP contribution >= 0.6 is 0 Å². The number of rotatable bonds is 7. The molecule has 1 aromatic carbocycles. The Morgan fingerprint density at radius 2 is 2.03 bits per heavy atom. The molecule has 1 fully saturated rings. The minimum Gasteiger partial charge on any atom is -0.383 e. The second-order valence-electron chi connectivity index (χ2n) is 8.72. The summed E-state index contributed by atoms with van der Waals surface area (Å²) >= 11 is 0. The fraction of sp³-hybridized carbons (Fsp3) is 0.440. The van der Waals surface area contributed by atoms with Gasteiger partial charge >= 0.3 is 0 Å². The van der Waals surface area contributed by atoms with Crippen LogP contribution in [0.3, 0.4) is 0 Å². The van der Waals surface area contributed by atoms with Crippen LogP contribution in [0, 0.1) is 0 Å². The maximum atomic E-state index is 13.1. The Kier molecular flexibility index (Phi) is 5.74. The number of hydrogen-bond acceptors (Lipinski definition) is 5. The first-order chi connectivity index (χ1) is 15.7. The van der Waals surface area contributed by atoms with E-state index in [4.69, 9.17) is 9.72 Å². The van der Waals surface area contributed by atoms with Gasteiger partial charge in [0.05, 0.1) is 35.8 Å². The van der Waals surface area contributed by atoms with Crippen LogP contribution < -0.4 is 5.32 Å². The van der Waals surface area contributed by atoms with E-state index in [1.54, 1.807) is 18.0 Å². The second-order valence-corrected chi connectivity index (χ2v) is 8.72. The molecular formula is C25H29N5O2. The van der Waals surface area contributed by atoms with Gasteiger partial charge in [-0.25, -0.2) is 14.6 Å². The quantitative estimate of drug-likeness (QED) is 0.614. The summed E-state index contributed by atoms with van der Waals surface area (Å²) in [6.07, 6.45) is 9.59. The van der Waals surface area contributed by atoms with Crippen LogP contribution in [0.4, 0.5) is 0 Å². The van der Waals surface area contributed by atoms with Gasteiger partial charge in [0.25, 0.3) is 11.9 Å². The van der Waals surface area contributed by atoms with Crippen molar-refractivity contribution in [1.82, 2.24) is 25.1 Å². The lowest BCUT2D eigenvalue weighted by Crippen LogP contribution is -2.37. The van der Waals surface area contributed by atoms with Crippen molar-refractivity contribution in [3.63, 3.8) is 0 Å². The first-order valence-electron chi connectivity index (χ1n) is 11.5. The number of carbonyl (C=O) groups excluding carboxylic acids is 1. The summed E-state index contributed by atoms with van der Waals surface area (Å²) in [5.74, 6) is 0.739. The molecule has 1 unspecified atom stereocenters. The van der Waals surface area contributed by atoms with Crippen molar-refractivity contribution < 1.29 is 9.53 Å². The van der Waals surface area contributed by atoms with E-state index in [1.807, 2.05) is 13.1 Å².